The molecule has 0 amide bonds. The van der Waals surface area contributed by atoms with E-state index in [4.69, 9.17) is 0 Å². The molecule has 3 aliphatic carbocycles. The number of rotatable bonds is 2. The molecule has 2 heterocycles. The molecule has 5 heteroatoms. The zero-order valence-corrected chi connectivity index (χ0v) is 27.0. The predicted octanol–water partition coefficient (Wildman–Crippen LogP) is 6.09. The van der Waals surface area contributed by atoms with E-state index in [9.17, 15) is 15.0 Å². The van der Waals surface area contributed by atoms with Gasteiger partial charge in [0.1, 0.15) is 0 Å². The molecule has 2 atom stereocenters. The number of Topliss-reactive ketones (excluding diaryl/α,β-unsaturated/α-hetero) is 1. The lowest BCUT2D eigenvalue weighted by Crippen LogP contribution is -2.43. The molecule has 0 N–H and O–H groups in total. The molecule has 2 aromatic rings. The molecular formula is C39H40N2O3-2. The fourth-order valence-electron chi connectivity index (χ4n) is 8.73. The molecule has 5 nitrogen and oxygen atoms in total. The molecule has 44 heavy (non-hydrogen) atoms. The monoisotopic (exact) mass is 584 g/mol. The maximum absolute atomic E-state index is 13.8. The SMILES string of the molecule is CN1C2=C/C(=C/C3=C([O-])C(/C=C4/C=C5N(C)c6ccccc6C5(C)C(C)(C)C4)=C([O-])C3=O)CC(C)(C)C2(C)c2ccccc21. The van der Waals surface area contributed by atoms with Gasteiger partial charge >= 0.3 is 0 Å². The van der Waals surface area contributed by atoms with E-state index >= 15 is 0 Å². The Morgan fingerprint density at radius 1 is 0.636 bits per heavy atom. The number of anilines is 2. The Morgan fingerprint density at radius 3 is 1.50 bits per heavy atom. The molecule has 5 aliphatic rings. The minimum absolute atomic E-state index is 0.0239. The van der Waals surface area contributed by atoms with Crippen LogP contribution in [0.15, 0.2) is 118 Å². The maximum Gasteiger partial charge on any atom is 0.178 e. The molecule has 2 unspecified atom stereocenters. The molecule has 0 bridgehead atoms. The van der Waals surface area contributed by atoms with Crippen molar-refractivity contribution in [2.75, 3.05) is 23.9 Å². The molecule has 7 rings (SSSR count). The van der Waals surface area contributed by atoms with E-state index in [2.05, 4.69) is 126 Å². The molecule has 226 valence electrons. The van der Waals surface area contributed by atoms with Crippen molar-refractivity contribution in [1.29, 1.82) is 0 Å². The number of likely N-dealkylation sites (N-methyl/N-ethyl adjacent to an activating group) is 2. The third-order valence-corrected chi connectivity index (χ3v) is 11.8. The first kappa shape index (κ1) is 28.5. The summed E-state index contributed by atoms with van der Waals surface area (Å²) in [5.41, 5.74) is 8.11. The van der Waals surface area contributed by atoms with Crippen molar-refractivity contribution in [2.24, 2.45) is 10.8 Å². The van der Waals surface area contributed by atoms with Gasteiger partial charge in [-0.05, 0) is 95.7 Å². The minimum atomic E-state index is -0.708. The van der Waals surface area contributed by atoms with Crippen LogP contribution in [0.1, 0.15) is 65.5 Å². The molecular weight excluding hydrogens is 544 g/mol. The largest absolute Gasteiger partial charge is 0.872 e. The predicted molar refractivity (Wildman–Crippen MR) is 173 cm³/mol. The van der Waals surface area contributed by atoms with Gasteiger partial charge in [0, 0.05) is 53.3 Å². The van der Waals surface area contributed by atoms with Gasteiger partial charge in [0.15, 0.2) is 5.78 Å². The Hall–Kier alpha value is -4.25. The number of benzene rings is 2. The molecule has 2 aliphatic heterocycles. The van der Waals surface area contributed by atoms with Gasteiger partial charge in [-0.3, -0.25) is 4.79 Å². The first-order chi connectivity index (χ1) is 20.6. The van der Waals surface area contributed by atoms with Crippen LogP contribution >= 0.6 is 0 Å². The molecule has 0 spiro atoms. The highest BCUT2D eigenvalue weighted by Crippen LogP contribution is 2.62. The van der Waals surface area contributed by atoms with Crippen molar-refractivity contribution in [3.8, 4) is 0 Å². The first-order valence-electron chi connectivity index (χ1n) is 15.5. The fourth-order valence-corrected chi connectivity index (χ4v) is 8.73. The van der Waals surface area contributed by atoms with Crippen molar-refractivity contribution < 1.29 is 15.0 Å². The normalized spacial score (nSPS) is 30.0. The summed E-state index contributed by atoms with van der Waals surface area (Å²) in [5, 5.41) is 27.1. The molecule has 0 radical (unpaired) electrons. The van der Waals surface area contributed by atoms with Crippen molar-refractivity contribution in [3.63, 3.8) is 0 Å². The number of ketones is 1. The second-order valence-electron chi connectivity index (χ2n) is 14.8. The van der Waals surface area contributed by atoms with E-state index in [1.807, 2.05) is 0 Å². The van der Waals surface area contributed by atoms with E-state index in [0.717, 1.165) is 22.5 Å². The molecule has 0 saturated heterocycles. The summed E-state index contributed by atoms with van der Waals surface area (Å²) in [6.07, 6.45) is 8.94. The highest BCUT2D eigenvalue weighted by molar-refractivity contribution is 6.13. The van der Waals surface area contributed by atoms with Gasteiger partial charge in [0.25, 0.3) is 0 Å². The van der Waals surface area contributed by atoms with Crippen LogP contribution in [0, 0.1) is 10.8 Å². The smallest absolute Gasteiger partial charge is 0.178 e. The zero-order chi connectivity index (χ0) is 31.6. The summed E-state index contributed by atoms with van der Waals surface area (Å²) in [6, 6.07) is 16.9. The van der Waals surface area contributed by atoms with Gasteiger partial charge in [-0.25, -0.2) is 0 Å². The van der Waals surface area contributed by atoms with Gasteiger partial charge in [0.05, 0.1) is 0 Å². The molecule has 2 aromatic carbocycles. The van der Waals surface area contributed by atoms with Gasteiger partial charge in [-0.1, -0.05) is 81.7 Å². The average Bonchev–Trinajstić information content (AvgIpc) is 3.43. The van der Waals surface area contributed by atoms with E-state index in [0.29, 0.717) is 12.8 Å². The van der Waals surface area contributed by atoms with Crippen LogP contribution in [0.2, 0.25) is 0 Å². The Balaban J connectivity index is 1.29. The number of carbonyl (C=O) groups excluding carboxylic acids is 1. The number of hydrogen-bond donors (Lipinski definition) is 0. The van der Waals surface area contributed by atoms with Crippen molar-refractivity contribution in [2.45, 2.75) is 65.2 Å². The van der Waals surface area contributed by atoms with Crippen LogP contribution in [0.25, 0.3) is 0 Å². The minimum Gasteiger partial charge on any atom is -0.872 e. The lowest BCUT2D eigenvalue weighted by molar-refractivity contribution is -0.308. The second kappa shape index (κ2) is 8.90. The van der Waals surface area contributed by atoms with Crippen LogP contribution in [0.5, 0.6) is 0 Å². The van der Waals surface area contributed by atoms with Crippen molar-refractivity contribution >= 4 is 17.2 Å². The summed E-state index contributed by atoms with van der Waals surface area (Å²) < 4.78 is 0. The zero-order valence-electron chi connectivity index (χ0n) is 27.0. The summed E-state index contributed by atoms with van der Waals surface area (Å²) in [4.78, 5) is 17.8. The lowest BCUT2D eigenvalue weighted by Gasteiger charge is -2.47. The van der Waals surface area contributed by atoms with Crippen LogP contribution in [0.3, 0.4) is 0 Å². The Kier molecular flexibility index (Phi) is 5.77. The van der Waals surface area contributed by atoms with Gasteiger partial charge in [-0.2, -0.15) is 0 Å². The van der Waals surface area contributed by atoms with Crippen LogP contribution < -0.4 is 20.0 Å². The highest BCUT2D eigenvalue weighted by atomic mass is 16.3. The first-order valence-corrected chi connectivity index (χ1v) is 15.5. The lowest BCUT2D eigenvalue weighted by atomic mass is 9.57. The van der Waals surface area contributed by atoms with Crippen LogP contribution in [-0.4, -0.2) is 19.9 Å². The Morgan fingerprint density at radius 2 is 1.05 bits per heavy atom. The number of allylic oxidation sites excluding steroid dienone is 9. The number of fused-ring (bicyclic) bond motifs is 6. The standard InChI is InChI=1S/C39H42N2O3/c1-36(2)21-23(19-31-38(36,5)27-13-9-11-15-29(27)40(31)7)17-25-33(42)26(35(44)34(25)43)18-24-20-32-39(6,37(3,4)22-24)28-14-10-12-16-30(28)41(32)8/h9-20,42H,21-22H2,1-8H3,(H,43,44)/p-2/b23-17-,24-18-. The van der Waals surface area contributed by atoms with Crippen molar-refractivity contribution in [3.05, 3.63) is 129 Å². The fraction of sp³-hybridized carbons (Fsp3) is 0.359. The molecule has 0 aromatic heterocycles. The third kappa shape index (κ3) is 3.44. The average molecular weight is 585 g/mol. The van der Waals surface area contributed by atoms with Gasteiger partial charge in [-0.15, -0.1) is 0 Å². The van der Waals surface area contributed by atoms with Crippen LogP contribution in [0.4, 0.5) is 11.4 Å². The molecule has 0 saturated carbocycles. The summed E-state index contributed by atoms with van der Waals surface area (Å²) in [7, 11) is 4.14. The van der Waals surface area contributed by atoms with Crippen molar-refractivity contribution in [1.82, 2.24) is 0 Å². The van der Waals surface area contributed by atoms with Gasteiger partial charge < -0.3 is 20.0 Å². The maximum atomic E-state index is 13.8. The van der Waals surface area contributed by atoms with E-state index in [1.165, 1.54) is 22.5 Å². The highest BCUT2D eigenvalue weighted by Gasteiger charge is 2.55. The summed E-state index contributed by atoms with van der Waals surface area (Å²) in [6.45, 7) is 13.5. The third-order valence-electron chi connectivity index (χ3n) is 11.8. The van der Waals surface area contributed by atoms with E-state index < -0.39 is 17.3 Å². The molecule has 0 fully saturated rings. The summed E-state index contributed by atoms with van der Waals surface area (Å²) >= 11 is 0. The Labute approximate surface area is 260 Å². The topological polar surface area (TPSA) is 69.7 Å². The van der Waals surface area contributed by atoms with E-state index in [1.54, 1.807) is 12.2 Å². The second-order valence-corrected chi connectivity index (χ2v) is 14.8. The van der Waals surface area contributed by atoms with Gasteiger partial charge in [0.2, 0.25) is 0 Å². The quantitative estimate of drug-likeness (QED) is 0.427. The number of hydrogen-bond acceptors (Lipinski definition) is 5. The van der Waals surface area contributed by atoms with Crippen LogP contribution in [-0.2, 0) is 15.6 Å². The van der Waals surface area contributed by atoms with E-state index in [-0.39, 0.29) is 32.8 Å². The Bertz CT molecular complexity index is 1860. The number of nitrogens with zero attached hydrogens (tertiary/aromatic N) is 2. The number of carbonyl (C=O) groups is 1. The number of para-hydroxylation sites is 2. The summed E-state index contributed by atoms with van der Waals surface area (Å²) in [5.74, 6) is -1.89.